The van der Waals surface area contributed by atoms with Gasteiger partial charge in [-0.25, -0.2) is 0 Å². The zero-order valence-corrected chi connectivity index (χ0v) is 20.3. The van der Waals surface area contributed by atoms with Crippen LogP contribution in [0.2, 0.25) is 0 Å². The molecular weight excluding hydrogens is 462 g/mol. The van der Waals surface area contributed by atoms with Crippen LogP contribution < -0.4 is 5.32 Å². The van der Waals surface area contributed by atoms with E-state index in [1.807, 2.05) is 30.3 Å². The molecule has 5 heterocycles. The van der Waals surface area contributed by atoms with Crippen molar-refractivity contribution in [1.82, 2.24) is 30.1 Å². The van der Waals surface area contributed by atoms with E-state index in [-0.39, 0.29) is 5.91 Å². The molecule has 0 unspecified atom stereocenters. The zero-order chi connectivity index (χ0) is 25.2. The third-order valence-electron chi connectivity index (χ3n) is 6.43. The van der Waals surface area contributed by atoms with Gasteiger partial charge in [-0.2, -0.15) is 5.10 Å². The highest BCUT2D eigenvalue weighted by Crippen LogP contribution is 2.34. The zero-order valence-electron chi connectivity index (χ0n) is 20.3. The third-order valence-corrected chi connectivity index (χ3v) is 6.43. The first-order chi connectivity index (χ1) is 18.2. The minimum Gasteiger partial charge on any atom is -0.353 e. The summed E-state index contributed by atoms with van der Waals surface area (Å²) in [5, 5.41) is 12.7. The van der Waals surface area contributed by atoms with Crippen LogP contribution in [-0.2, 0) is 4.79 Å². The lowest BCUT2D eigenvalue weighted by Crippen LogP contribution is -2.11. The summed E-state index contributed by atoms with van der Waals surface area (Å²) in [5.74, 6) is -0.00808. The molecule has 0 bridgehead atoms. The summed E-state index contributed by atoms with van der Waals surface area (Å²) in [6.45, 7) is 2.07. The van der Waals surface area contributed by atoms with Crippen molar-refractivity contribution in [3.63, 3.8) is 0 Å². The van der Waals surface area contributed by atoms with E-state index in [9.17, 15) is 4.79 Å². The lowest BCUT2D eigenvalue weighted by Gasteiger charge is -2.07. The number of aromatic nitrogens is 6. The van der Waals surface area contributed by atoms with Crippen molar-refractivity contribution in [2.45, 2.75) is 26.2 Å². The largest absolute Gasteiger partial charge is 0.353 e. The second kappa shape index (κ2) is 9.66. The second-order valence-electron chi connectivity index (χ2n) is 8.99. The Morgan fingerprint density at radius 1 is 0.919 bits per heavy atom. The number of hydrogen-bond acceptors (Lipinski definition) is 5. The highest BCUT2D eigenvalue weighted by Gasteiger charge is 2.15. The highest BCUT2D eigenvalue weighted by atomic mass is 16.1. The van der Waals surface area contributed by atoms with Crippen molar-refractivity contribution in [2.75, 3.05) is 5.32 Å². The average molecular weight is 488 g/mol. The SMILES string of the molecule is CCCCC(=O)Nc1cncc(-c2cc3c(-c4cc5c(-c6ccncc6)cccc5[nH]4)n[nH]c3cn2)c1. The number of pyridine rings is 3. The average Bonchev–Trinajstić information content (AvgIpc) is 3.56. The predicted molar refractivity (Wildman–Crippen MR) is 146 cm³/mol. The van der Waals surface area contributed by atoms with E-state index in [0.29, 0.717) is 12.1 Å². The van der Waals surface area contributed by atoms with Crippen LogP contribution >= 0.6 is 0 Å². The fourth-order valence-electron chi connectivity index (χ4n) is 4.56. The summed E-state index contributed by atoms with van der Waals surface area (Å²) in [7, 11) is 0. The molecule has 37 heavy (non-hydrogen) atoms. The number of fused-ring (bicyclic) bond motifs is 2. The number of H-pyrrole nitrogens is 2. The van der Waals surface area contributed by atoms with Gasteiger partial charge in [0.2, 0.25) is 5.91 Å². The monoisotopic (exact) mass is 487 g/mol. The van der Waals surface area contributed by atoms with E-state index in [1.54, 1.807) is 31.0 Å². The summed E-state index contributed by atoms with van der Waals surface area (Å²) in [6, 6.07) is 16.3. The van der Waals surface area contributed by atoms with E-state index in [2.05, 4.69) is 60.6 Å². The maximum Gasteiger partial charge on any atom is 0.224 e. The summed E-state index contributed by atoms with van der Waals surface area (Å²) >= 11 is 0. The normalized spacial score (nSPS) is 11.3. The van der Waals surface area contributed by atoms with Gasteiger partial charge in [-0.1, -0.05) is 25.5 Å². The quantitative estimate of drug-likeness (QED) is 0.243. The molecule has 0 saturated carbocycles. The van der Waals surface area contributed by atoms with Crippen molar-refractivity contribution in [2.24, 2.45) is 0 Å². The number of unbranched alkanes of at least 4 members (excludes halogenated alkanes) is 1. The van der Waals surface area contributed by atoms with Crippen LogP contribution in [0.15, 0.2) is 79.5 Å². The van der Waals surface area contributed by atoms with Gasteiger partial charge in [-0.15, -0.1) is 0 Å². The molecule has 6 aromatic rings. The van der Waals surface area contributed by atoms with Crippen molar-refractivity contribution >= 4 is 33.4 Å². The predicted octanol–water partition coefficient (Wildman–Crippen LogP) is 6.36. The number of nitrogens with zero attached hydrogens (tertiary/aromatic N) is 4. The van der Waals surface area contributed by atoms with E-state index >= 15 is 0 Å². The molecule has 3 N–H and O–H groups in total. The first-order valence-corrected chi connectivity index (χ1v) is 12.3. The lowest BCUT2D eigenvalue weighted by molar-refractivity contribution is -0.116. The maximum absolute atomic E-state index is 12.2. The van der Waals surface area contributed by atoms with Gasteiger partial charge in [0, 0.05) is 46.9 Å². The molecule has 0 aliphatic rings. The Balaban J connectivity index is 1.37. The number of hydrogen-bond donors (Lipinski definition) is 3. The Hall–Kier alpha value is -4.85. The van der Waals surface area contributed by atoms with Gasteiger partial charge >= 0.3 is 0 Å². The topological polar surface area (TPSA) is 112 Å². The van der Waals surface area contributed by atoms with Gasteiger partial charge in [0.1, 0.15) is 5.69 Å². The molecule has 0 saturated heterocycles. The number of rotatable bonds is 7. The molecule has 8 heteroatoms. The fraction of sp³-hybridized carbons (Fsp3) is 0.138. The number of amides is 1. The van der Waals surface area contributed by atoms with E-state index in [1.165, 1.54) is 0 Å². The lowest BCUT2D eigenvalue weighted by atomic mass is 10.0. The van der Waals surface area contributed by atoms with Crippen molar-refractivity contribution in [3.8, 4) is 33.8 Å². The summed E-state index contributed by atoms with van der Waals surface area (Å²) < 4.78 is 0. The second-order valence-corrected chi connectivity index (χ2v) is 8.99. The molecule has 0 radical (unpaired) electrons. The number of anilines is 1. The van der Waals surface area contributed by atoms with Crippen molar-refractivity contribution in [1.29, 1.82) is 0 Å². The standard InChI is InChI=1S/C29H25N7O/c1-2-3-7-28(37)33-20-12-19(15-31-16-20)25-14-23-27(17-32-25)35-36-29(23)26-13-22-21(5-4-6-24(22)34-26)18-8-10-30-11-9-18/h4-6,8-17,34H,2-3,7H2,1H3,(H,33,37)(H,35,36). The molecule has 8 nitrogen and oxygen atoms in total. The van der Waals surface area contributed by atoms with Gasteiger partial charge in [0.25, 0.3) is 0 Å². The molecule has 5 aromatic heterocycles. The first kappa shape index (κ1) is 22.6. The van der Waals surface area contributed by atoms with E-state index in [4.69, 9.17) is 0 Å². The van der Waals surface area contributed by atoms with Crippen molar-refractivity contribution in [3.05, 3.63) is 79.5 Å². The maximum atomic E-state index is 12.2. The molecule has 0 aliphatic heterocycles. The Labute approximate surface area is 213 Å². The Morgan fingerprint density at radius 2 is 1.81 bits per heavy atom. The molecule has 0 fully saturated rings. The van der Waals surface area contributed by atoms with Crippen LogP contribution in [0.3, 0.4) is 0 Å². The molecule has 0 spiro atoms. The van der Waals surface area contributed by atoms with E-state index < -0.39 is 0 Å². The molecule has 0 aliphatic carbocycles. The van der Waals surface area contributed by atoms with Crippen LogP contribution in [0.25, 0.3) is 55.6 Å². The number of benzene rings is 1. The van der Waals surface area contributed by atoms with Crippen LogP contribution in [0.1, 0.15) is 26.2 Å². The van der Waals surface area contributed by atoms with Gasteiger partial charge < -0.3 is 10.3 Å². The first-order valence-electron chi connectivity index (χ1n) is 12.3. The summed E-state index contributed by atoms with van der Waals surface area (Å²) in [5.41, 5.74) is 8.07. The minimum atomic E-state index is -0.00808. The van der Waals surface area contributed by atoms with Crippen LogP contribution in [0, 0.1) is 0 Å². The Bertz CT molecular complexity index is 1720. The van der Waals surface area contributed by atoms with Crippen molar-refractivity contribution < 1.29 is 4.79 Å². The molecular formula is C29H25N7O. The number of carbonyl (C=O) groups is 1. The minimum absolute atomic E-state index is 0.00808. The summed E-state index contributed by atoms with van der Waals surface area (Å²) in [6.07, 6.45) is 11.1. The van der Waals surface area contributed by atoms with Crippen LogP contribution in [0.4, 0.5) is 5.69 Å². The van der Waals surface area contributed by atoms with Crippen LogP contribution in [0.5, 0.6) is 0 Å². The smallest absolute Gasteiger partial charge is 0.224 e. The molecule has 182 valence electrons. The van der Waals surface area contributed by atoms with Gasteiger partial charge in [-0.3, -0.25) is 24.8 Å². The Morgan fingerprint density at radius 3 is 2.68 bits per heavy atom. The third kappa shape index (κ3) is 4.45. The van der Waals surface area contributed by atoms with Gasteiger partial charge in [0.15, 0.2) is 0 Å². The Kier molecular flexibility index (Phi) is 5.90. The number of carbonyl (C=O) groups excluding carboxylic acids is 1. The number of nitrogens with one attached hydrogen (secondary N) is 3. The highest BCUT2D eigenvalue weighted by molar-refractivity contribution is 6.01. The molecule has 6 rings (SSSR count). The number of aromatic amines is 2. The summed E-state index contributed by atoms with van der Waals surface area (Å²) in [4.78, 5) is 28.8. The fourth-order valence-corrected chi connectivity index (χ4v) is 4.56. The molecule has 1 amide bonds. The van der Waals surface area contributed by atoms with Gasteiger partial charge in [-0.05, 0) is 53.9 Å². The molecule has 1 aromatic carbocycles. The van der Waals surface area contributed by atoms with Gasteiger partial charge in [0.05, 0.1) is 35.0 Å². The molecule has 0 atom stereocenters. The van der Waals surface area contributed by atoms with E-state index in [0.717, 1.165) is 68.4 Å². The van der Waals surface area contributed by atoms with Crippen LogP contribution in [-0.4, -0.2) is 36.0 Å².